The average Bonchev–Trinajstić information content (AvgIpc) is 2.48. The van der Waals surface area contributed by atoms with E-state index in [-0.39, 0.29) is 11.7 Å². The van der Waals surface area contributed by atoms with Crippen LogP contribution >= 0.6 is 11.6 Å². The van der Waals surface area contributed by atoms with Crippen molar-refractivity contribution in [3.63, 3.8) is 0 Å². The van der Waals surface area contributed by atoms with Crippen molar-refractivity contribution in [1.82, 2.24) is 10.2 Å². The van der Waals surface area contributed by atoms with Gasteiger partial charge in [0.15, 0.2) is 0 Å². The van der Waals surface area contributed by atoms with Crippen molar-refractivity contribution in [3.05, 3.63) is 28.8 Å². The summed E-state index contributed by atoms with van der Waals surface area (Å²) in [5.74, 6) is 0.330. The Morgan fingerprint density at radius 3 is 2.75 bits per heavy atom. The van der Waals surface area contributed by atoms with Crippen LogP contribution in [0.5, 0.6) is 5.75 Å². The van der Waals surface area contributed by atoms with Gasteiger partial charge in [-0.3, -0.25) is 4.79 Å². The zero-order valence-corrected chi connectivity index (χ0v) is 12.3. The SMILES string of the molecule is O=C(CCNCc1ccc(O)c(Cl)c1)N1CCCCC1. The Labute approximate surface area is 124 Å². The Kier molecular flexibility index (Phi) is 5.68. The van der Waals surface area contributed by atoms with E-state index in [1.165, 1.54) is 6.42 Å². The second-order valence-electron chi connectivity index (χ2n) is 5.15. The maximum atomic E-state index is 11.9. The van der Waals surface area contributed by atoms with E-state index in [2.05, 4.69) is 5.32 Å². The predicted molar refractivity (Wildman–Crippen MR) is 79.9 cm³/mol. The second kappa shape index (κ2) is 7.50. The first-order valence-corrected chi connectivity index (χ1v) is 7.50. The van der Waals surface area contributed by atoms with Crippen LogP contribution in [-0.4, -0.2) is 35.5 Å². The third-order valence-electron chi connectivity index (χ3n) is 3.57. The van der Waals surface area contributed by atoms with Crippen LogP contribution in [0.2, 0.25) is 5.02 Å². The van der Waals surface area contributed by atoms with Crippen molar-refractivity contribution in [3.8, 4) is 5.75 Å². The van der Waals surface area contributed by atoms with Crippen molar-refractivity contribution in [2.75, 3.05) is 19.6 Å². The van der Waals surface area contributed by atoms with Gasteiger partial charge in [0.2, 0.25) is 5.91 Å². The quantitative estimate of drug-likeness (QED) is 0.821. The number of amides is 1. The number of phenolic OH excluding ortho intramolecular Hbond substituents is 1. The lowest BCUT2D eigenvalue weighted by atomic mass is 10.1. The van der Waals surface area contributed by atoms with Crippen LogP contribution in [0.4, 0.5) is 0 Å². The summed E-state index contributed by atoms with van der Waals surface area (Å²) < 4.78 is 0. The van der Waals surface area contributed by atoms with Gasteiger partial charge in [0.05, 0.1) is 5.02 Å². The summed E-state index contributed by atoms with van der Waals surface area (Å²) in [5, 5.41) is 12.9. The summed E-state index contributed by atoms with van der Waals surface area (Å²) in [4.78, 5) is 13.9. The van der Waals surface area contributed by atoms with Gasteiger partial charge < -0.3 is 15.3 Å². The molecule has 110 valence electrons. The molecule has 0 bridgehead atoms. The first-order chi connectivity index (χ1) is 9.66. The van der Waals surface area contributed by atoms with E-state index in [4.69, 9.17) is 11.6 Å². The Morgan fingerprint density at radius 1 is 1.30 bits per heavy atom. The van der Waals surface area contributed by atoms with Gasteiger partial charge in [-0.05, 0) is 37.0 Å². The lowest BCUT2D eigenvalue weighted by Crippen LogP contribution is -2.37. The molecule has 1 fully saturated rings. The van der Waals surface area contributed by atoms with Crippen molar-refractivity contribution in [2.45, 2.75) is 32.2 Å². The topological polar surface area (TPSA) is 52.6 Å². The molecule has 1 aromatic rings. The zero-order chi connectivity index (χ0) is 14.4. The highest BCUT2D eigenvalue weighted by atomic mass is 35.5. The number of carbonyl (C=O) groups is 1. The van der Waals surface area contributed by atoms with Crippen molar-refractivity contribution in [2.24, 2.45) is 0 Å². The molecule has 1 aromatic carbocycles. The molecule has 0 spiro atoms. The fraction of sp³-hybridized carbons (Fsp3) is 0.533. The Balaban J connectivity index is 1.68. The predicted octanol–water partition coefficient (Wildman–Crippen LogP) is 2.54. The molecule has 1 aliphatic heterocycles. The van der Waals surface area contributed by atoms with E-state index in [0.717, 1.165) is 31.5 Å². The van der Waals surface area contributed by atoms with Gasteiger partial charge >= 0.3 is 0 Å². The van der Waals surface area contributed by atoms with Gasteiger partial charge in [0, 0.05) is 32.6 Å². The minimum atomic E-state index is 0.0932. The highest BCUT2D eigenvalue weighted by Gasteiger charge is 2.15. The molecule has 20 heavy (non-hydrogen) atoms. The minimum Gasteiger partial charge on any atom is -0.506 e. The van der Waals surface area contributed by atoms with E-state index in [1.54, 1.807) is 12.1 Å². The highest BCUT2D eigenvalue weighted by molar-refractivity contribution is 6.32. The number of nitrogens with zero attached hydrogens (tertiary/aromatic N) is 1. The lowest BCUT2D eigenvalue weighted by molar-refractivity contribution is -0.131. The first-order valence-electron chi connectivity index (χ1n) is 7.13. The fourth-order valence-electron chi connectivity index (χ4n) is 2.39. The van der Waals surface area contributed by atoms with Crippen LogP contribution in [0.1, 0.15) is 31.2 Å². The van der Waals surface area contributed by atoms with Gasteiger partial charge in [0.25, 0.3) is 0 Å². The van der Waals surface area contributed by atoms with Crippen LogP contribution in [-0.2, 0) is 11.3 Å². The summed E-state index contributed by atoms with van der Waals surface area (Å²) in [6.07, 6.45) is 4.03. The monoisotopic (exact) mass is 296 g/mol. The molecule has 1 amide bonds. The molecule has 0 atom stereocenters. The summed E-state index contributed by atoms with van der Waals surface area (Å²) in [5.41, 5.74) is 0.998. The number of hydrogen-bond acceptors (Lipinski definition) is 3. The number of carbonyl (C=O) groups excluding carboxylic acids is 1. The molecule has 2 N–H and O–H groups in total. The third-order valence-corrected chi connectivity index (χ3v) is 3.87. The highest BCUT2D eigenvalue weighted by Crippen LogP contribution is 2.23. The fourth-order valence-corrected chi connectivity index (χ4v) is 2.59. The van der Waals surface area contributed by atoms with E-state index in [0.29, 0.717) is 24.5 Å². The first kappa shape index (κ1) is 15.1. The van der Waals surface area contributed by atoms with E-state index in [1.807, 2.05) is 11.0 Å². The van der Waals surface area contributed by atoms with Crippen LogP contribution < -0.4 is 5.32 Å². The molecule has 1 heterocycles. The molecule has 0 saturated carbocycles. The number of benzene rings is 1. The largest absolute Gasteiger partial charge is 0.506 e. The van der Waals surface area contributed by atoms with E-state index in [9.17, 15) is 9.90 Å². The van der Waals surface area contributed by atoms with Gasteiger partial charge in [0.1, 0.15) is 5.75 Å². The third kappa shape index (κ3) is 4.39. The molecule has 0 unspecified atom stereocenters. The van der Waals surface area contributed by atoms with Crippen molar-refractivity contribution >= 4 is 17.5 Å². The Bertz CT molecular complexity index is 459. The van der Waals surface area contributed by atoms with E-state index >= 15 is 0 Å². The molecular formula is C15H21ClN2O2. The molecule has 0 aliphatic carbocycles. The summed E-state index contributed by atoms with van der Waals surface area (Å²) in [6.45, 7) is 3.12. The summed E-state index contributed by atoms with van der Waals surface area (Å²) in [6, 6.07) is 5.13. The molecule has 0 aromatic heterocycles. The molecule has 4 nitrogen and oxygen atoms in total. The Morgan fingerprint density at radius 2 is 2.05 bits per heavy atom. The number of hydrogen-bond donors (Lipinski definition) is 2. The molecule has 1 aliphatic rings. The number of likely N-dealkylation sites (tertiary alicyclic amines) is 1. The number of nitrogens with one attached hydrogen (secondary N) is 1. The molecule has 5 heteroatoms. The standard InChI is InChI=1S/C15H21ClN2O2/c16-13-10-12(4-5-14(13)19)11-17-7-6-15(20)18-8-2-1-3-9-18/h4-5,10,17,19H,1-3,6-9,11H2. The van der Waals surface area contributed by atoms with E-state index < -0.39 is 0 Å². The van der Waals surface area contributed by atoms with Gasteiger partial charge in [-0.2, -0.15) is 0 Å². The van der Waals surface area contributed by atoms with Crippen molar-refractivity contribution in [1.29, 1.82) is 0 Å². The van der Waals surface area contributed by atoms with Gasteiger partial charge in [-0.25, -0.2) is 0 Å². The maximum absolute atomic E-state index is 11.9. The smallest absolute Gasteiger partial charge is 0.223 e. The Hall–Kier alpha value is -1.26. The number of phenols is 1. The lowest BCUT2D eigenvalue weighted by Gasteiger charge is -2.26. The number of rotatable bonds is 5. The maximum Gasteiger partial charge on any atom is 0.223 e. The van der Waals surface area contributed by atoms with Gasteiger partial charge in [-0.1, -0.05) is 17.7 Å². The number of piperidine rings is 1. The van der Waals surface area contributed by atoms with Crippen LogP contribution in [0.15, 0.2) is 18.2 Å². The normalized spacial score (nSPS) is 15.3. The second-order valence-corrected chi connectivity index (χ2v) is 5.56. The summed E-state index contributed by atoms with van der Waals surface area (Å²) in [7, 11) is 0. The number of halogens is 1. The van der Waals surface area contributed by atoms with Crippen LogP contribution in [0, 0.1) is 0 Å². The molecule has 1 saturated heterocycles. The molecule has 0 radical (unpaired) electrons. The minimum absolute atomic E-state index is 0.0932. The number of aromatic hydroxyl groups is 1. The van der Waals surface area contributed by atoms with Crippen LogP contribution in [0.25, 0.3) is 0 Å². The molecular weight excluding hydrogens is 276 g/mol. The van der Waals surface area contributed by atoms with Crippen molar-refractivity contribution < 1.29 is 9.90 Å². The van der Waals surface area contributed by atoms with Gasteiger partial charge in [-0.15, -0.1) is 0 Å². The average molecular weight is 297 g/mol. The molecule has 2 rings (SSSR count). The summed E-state index contributed by atoms with van der Waals surface area (Å²) >= 11 is 5.84. The van der Waals surface area contributed by atoms with Crippen LogP contribution in [0.3, 0.4) is 0 Å². The zero-order valence-electron chi connectivity index (χ0n) is 11.6.